The number of anilines is 1. The summed E-state index contributed by atoms with van der Waals surface area (Å²) in [7, 11) is 4.00. The van der Waals surface area contributed by atoms with Gasteiger partial charge in [-0.1, -0.05) is 25.5 Å². The van der Waals surface area contributed by atoms with Gasteiger partial charge in [-0.05, 0) is 42.4 Å². The van der Waals surface area contributed by atoms with Crippen LogP contribution in [0.3, 0.4) is 0 Å². The fraction of sp³-hybridized carbons (Fsp3) is 0.375. The summed E-state index contributed by atoms with van der Waals surface area (Å²) in [5.41, 5.74) is 2.66. The van der Waals surface area contributed by atoms with Crippen LogP contribution in [0, 0.1) is 0 Å². The monoisotopic (exact) mass is 303 g/mol. The third-order valence-corrected chi connectivity index (χ3v) is 3.74. The molecule has 5 heteroatoms. The van der Waals surface area contributed by atoms with Crippen LogP contribution in [0.4, 0.5) is 5.69 Å². The Kier molecular flexibility index (Phi) is 4.96. The quantitative estimate of drug-likeness (QED) is 0.670. The maximum absolute atomic E-state index is 12.3. The fourth-order valence-electron chi connectivity index (χ4n) is 2.13. The van der Waals surface area contributed by atoms with E-state index in [1.165, 1.54) is 0 Å². The van der Waals surface area contributed by atoms with E-state index in [-0.39, 0.29) is 5.91 Å². The molecule has 1 N–H and O–H groups in total. The number of unbranched alkanes of at least 4 members (excludes halogenated alkanes) is 1. The minimum atomic E-state index is -0.0369. The normalized spacial score (nSPS) is 16.5. The van der Waals surface area contributed by atoms with Gasteiger partial charge in [0.25, 0.3) is 5.91 Å². The number of hydrogen-bond donors (Lipinski definition) is 1. The van der Waals surface area contributed by atoms with Gasteiger partial charge in [0, 0.05) is 26.3 Å². The molecule has 1 aliphatic heterocycles. The summed E-state index contributed by atoms with van der Waals surface area (Å²) in [6, 6.07) is 8.04. The van der Waals surface area contributed by atoms with Crippen molar-refractivity contribution in [3.05, 3.63) is 35.5 Å². The standard InChI is InChI=1S/C16H21N3OS/c1-4-5-10-19-15(20)14(17-16(19)21)11-12-6-8-13(9-7-12)18(2)3/h6-9,11H,4-5,10H2,1-3H3,(H,17,21)/b14-11+. The number of nitrogens with zero attached hydrogens (tertiary/aromatic N) is 2. The summed E-state index contributed by atoms with van der Waals surface area (Å²) in [6.45, 7) is 2.78. The van der Waals surface area contributed by atoms with Crippen LogP contribution in [0.5, 0.6) is 0 Å². The summed E-state index contributed by atoms with van der Waals surface area (Å²) < 4.78 is 0. The average molecular weight is 303 g/mol. The van der Waals surface area contributed by atoms with E-state index in [1.807, 2.05) is 49.3 Å². The van der Waals surface area contributed by atoms with Crippen LogP contribution in [-0.2, 0) is 4.79 Å². The van der Waals surface area contributed by atoms with Crippen LogP contribution in [-0.4, -0.2) is 36.6 Å². The Balaban J connectivity index is 2.14. The maximum Gasteiger partial charge on any atom is 0.276 e. The van der Waals surface area contributed by atoms with E-state index in [9.17, 15) is 4.79 Å². The molecule has 0 spiro atoms. The lowest BCUT2D eigenvalue weighted by molar-refractivity contribution is -0.122. The molecule has 0 bridgehead atoms. The molecule has 1 fully saturated rings. The Morgan fingerprint density at radius 1 is 1.29 bits per heavy atom. The number of amides is 1. The topological polar surface area (TPSA) is 35.6 Å². The second-order valence-corrected chi connectivity index (χ2v) is 5.67. The van der Waals surface area contributed by atoms with Gasteiger partial charge in [0.2, 0.25) is 0 Å². The molecule has 1 saturated heterocycles. The molecule has 1 aromatic carbocycles. The molecule has 1 aliphatic rings. The van der Waals surface area contributed by atoms with Crippen molar-refractivity contribution in [2.24, 2.45) is 0 Å². The first kappa shape index (κ1) is 15.5. The van der Waals surface area contributed by atoms with Gasteiger partial charge < -0.3 is 10.2 Å². The Morgan fingerprint density at radius 2 is 1.95 bits per heavy atom. The highest BCUT2D eigenvalue weighted by molar-refractivity contribution is 7.80. The van der Waals surface area contributed by atoms with E-state index in [1.54, 1.807) is 4.90 Å². The van der Waals surface area contributed by atoms with Crippen molar-refractivity contribution in [2.75, 3.05) is 25.5 Å². The maximum atomic E-state index is 12.3. The van der Waals surface area contributed by atoms with Crippen molar-refractivity contribution in [3.8, 4) is 0 Å². The fourth-order valence-corrected chi connectivity index (χ4v) is 2.41. The van der Waals surface area contributed by atoms with Gasteiger partial charge >= 0.3 is 0 Å². The van der Waals surface area contributed by atoms with E-state index >= 15 is 0 Å². The lowest BCUT2D eigenvalue weighted by Crippen LogP contribution is -2.31. The summed E-state index contributed by atoms with van der Waals surface area (Å²) in [5, 5.41) is 3.51. The van der Waals surface area contributed by atoms with E-state index in [2.05, 4.69) is 12.2 Å². The van der Waals surface area contributed by atoms with Crippen LogP contribution >= 0.6 is 12.2 Å². The molecule has 2 rings (SSSR count). The Bertz CT molecular complexity index is 563. The molecule has 0 saturated carbocycles. The predicted octanol–water partition coefficient (Wildman–Crippen LogP) is 2.61. The number of hydrogen-bond acceptors (Lipinski definition) is 3. The number of thiocarbonyl (C=S) groups is 1. The first-order valence-electron chi connectivity index (χ1n) is 7.15. The Labute approximate surface area is 131 Å². The summed E-state index contributed by atoms with van der Waals surface area (Å²) >= 11 is 5.23. The van der Waals surface area contributed by atoms with Crippen LogP contribution in [0.15, 0.2) is 30.0 Å². The summed E-state index contributed by atoms with van der Waals surface area (Å²) in [4.78, 5) is 16.0. The highest BCUT2D eigenvalue weighted by atomic mass is 32.1. The van der Waals surface area contributed by atoms with Crippen molar-refractivity contribution < 1.29 is 4.79 Å². The van der Waals surface area contributed by atoms with Crippen LogP contribution in [0.1, 0.15) is 25.3 Å². The van der Waals surface area contributed by atoms with E-state index in [0.717, 1.165) is 24.1 Å². The zero-order valence-electron chi connectivity index (χ0n) is 12.7. The lowest BCUT2D eigenvalue weighted by atomic mass is 10.1. The van der Waals surface area contributed by atoms with E-state index in [0.29, 0.717) is 17.4 Å². The van der Waals surface area contributed by atoms with Gasteiger partial charge in [-0.25, -0.2) is 0 Å². The number of rotatable bonds is 5. The molecule has 0 aromatic heterocycles. The highest BCUT2D eigenvalue weighted by Crippen LogP contribution is 2.17. The van der Waals surface area contributed by atoms with Crippen molar-refractivity contribution in [1.29, 1.82) is 0 Å². The lowest BCUT2D eigenvalue weighted by Gasteiger charge is -2.12. The molecule has 0 radical (unpaired) electrons. The number of nitrogens with one attached hydrogen (secondary N) is 1. The largest absolute Gasteiger partial charge is 0.378 e. The van der Waals surface area contributed by atoms with E-state index < -0.39 is 0 Å². The number of carbonyl (C=O) groups is 1. The van der Waals surface area contributed by atoms with Crippen molar-refractivity contribution in [2.45, 2.75) is 19.8 Å². The van der Waals surface area contributed by atoms with Crippen molar-refractivity contribution in [1.82, 2.24) is 10.2 Å². The van der Waals surface area contributed by atoms with Crippen molar-refractivity contribution in [3.63, 3.8) is 0 Å². The van der Waals surface area contributed by atoms with Gasteiger partial charge in [0.15, 0.2) is 5.11 Å². The molecule has 4 nitrogen and oxygen atoms in total. The Morgan fingerprint density at radius 3 is 2.52 bits per heavy atom. The minimum absolute atomic E-state index is 0.0369. The molecule has 0 atom stereocenters. The van der Waals surface area contributed by atoms with Crippen LogP contribution in [0.2, 0.25) is 0 Å². The first-order valence-corrected chi connectivity index (χ1v) is 7.55. The Hall–Kier alpha value is -1.88. The third kappa shape index (κ3) is 3.61. The average Bonchev–Trinajstić information content (AvgIpc) is 2.72. The van der Waals surface area contributed by atoms with Gasteiger partial charge in [0.05, 0.1) is 0 Å². The van der Waals surface area contributed by atoms with Gasteiger partial charge in [-0.3, -0.25) is 9.69 Å². The number of benzene rings is 1. The second-order valence-electron chi connectivity index (χ2n) is 5.28. The molecule has 1 amide bonds. The number of carbonyl (C=O) groups excluding carboxylic acids is 1. The van der Waals surface area contributed by atoms with Crippen molar-refractivity contribution >= 4 is 35.0 Å². The van der Waals surface area contributed by atoms with Gasteiger partial charge in [-0.15, -0.1) is 0 Å². The summed E-state index contributed by atoms with van der Waals surface area (Å²) in [6.07, 6.45) is 3.84. The van der Waals surface area contributed by atoms with Gasteiger partial charge in [0.1, 0.15) is 5.70 Å². The van der Waals surface area contributed by atoms with E-state index in [4.69, 9.17) is 12.2 Å². The molecular weight excluding hydrogens is 282 g/mol. The third-order valence-electron chi connectivity index (χ3n) is 3.42. The highest BCUT2D eigenvalue weighted by Gasteiger charge is 2.29. The first-order chi connectivity index (χ1) is 10.0. The SMILES string of the molecule is CCCCN1C(=O)/C(=C\c2ccc(N(C)C)cc2)NC1=S. The molecule has 1 heterocycles. The molecular formula is C16H21N3OS. The molecule has 0 unspecified atom stereocenters. The predicted molar refractivity (Wildman–Crippen MR) is 91.1 cm³/mol. The zero-order valence-corrected chi connectivity index (χ0v) is 13.5. The zero-order chi connectivity index (χ0) is 15.4. The second kappa shape index (κ2) is 6.72. The van der Waals surface area contributed by atoms with Crippen LogP contribution in [0.25, 0.3) is 6.08 Å². The molecule has 21 heavy (non-hydrogen) atoms. The van der Waals surface area contributed by atoms with Gasteiger partial charge in [-0.2, -0.15) is 0 Å². The minimum Gasteiger partial charge on any atom is -0.378 e. The van der Waals surface area contributed by atoms with Crippen LogP contribution < -0.4 is 10.2 Å². The smallest absolute Gasteiger partial charge is 0.276 e. The molecule has 1 aromatic rings. The molecule has 0 aliphatic carbocycles. The molecule has 112 valence electrons. The summed E-state index contributed by atoms with van der Waals surface area (Å²) in [5.74, 6) is -0.0369.